The molecule has 0 saturated heterocycles. The molecule has 1 aliphatic carbocycles. The molecule has 5 heteroatoms. The van der Waals surface area contributed by atoms with Gasteiger partial charge in [0.15, 0.2) is 5.78 Å². The summed E-state index contributed by atoms with van der Waals surface area (Å²) in [7, 11) is 0. The third kappa shape index (κ3) is 10.3. The Balaban J connectivity index is 2.31. The molecule has 1 unspecified atom stereocenters. The van der Waals surface area contributed by atoms with Gasteiger partial charge >= 0.3 is 0 Å². The first kappa shape index (κ1) is 23.3. The summed E-state index contributed by atoms with van der Waals surface area (Å²) >= 11 is 0. The molecule has 0 fully saturated rings. The fourth-order valence-corrected chi connectivity index (χ4v) is 3.11. The SMILES string of the molecule is CCCCCC(O)C=C[C@H]1C(=O)C=C[C@@H]1CC=CCCCC(=O)NCCO. The van der Waals surface area contributed by atoms with Crippen LogP contribution in [0.15, 0.2) is 36.5 Å². The maximum atomic E-state index is 12.0. The monoisotopic (exact) mass is 377 g/mol. The number of unbranched alkanes of at least 4 members (excludes halogenated alkanes) is 3. The molecule has 3 atom stereocenters. The molecule has 0 aromatic carbocycles. The zero-order valence-corrected chi connectivity index (χ0v) is 16.5. The van der Waals surface area contributed by atoms with Crippen LogP contribution in [-0.4, -0.2) is 41.2 Å². The lowest BCUT2D eigenvalue weighted by atomic mass is 9.90. The standard InChI is InChI=1S/C22H35NO4/c1-2-3-6-10-19(25)13-14-20-18(12-15-21(20)26)9-7-4-5-8-11-22(27)23-16-17-24/h4,7,12-15,18-20,24-25H,2-3,5-6,8-11,16-17H2,1H3,(H,23,27)/t18-,19?,20+/m0/s1. The largest absolute Gasteiger partial charge is 0.395 e. The Kier molecular flexibility index (Phi) is 12.4. The highest BCUT2D eigenvalue weighted by Crippen LogP contribution is 2.27. The molecule has 0 heterocycles. The summed E-state index contributed by atoms with van der Waals surface area (Å²) in [6.45, 7) is 2.40. The summed E-state index contributed by atoms with van der Waals surface area (Å²) in [4.78, 5) is 23.5. The molecule has 0 aromatic rings. The number of hydrogen-bond donors (Lipinski definition) is 3. The van der Waals surface area contributed by atoms with Gasteiger partial charge in [-0.15, -0.1) is 0 Å². The van der Waals surface area contributed by atoms with Crippen molar-refractivity contribution in [2.75, 3.05) is 13.2 Å². The van der Waals surface area contributed by atoms with Gasteiger partial charge in [0.2, 0.25) is 5.91 Å². The number of carbonyl (C=O) groups is 2. The summed E-state index contributed by atoms with van der Waals surface area (Å²) in [6.07, 6.45) is 17.7. The predicted molar refractivity (Wildman–Crippen MR) is 108 cm³/mol. The smallest absolute Gasteiger partial charge is 0.220 e. The van der Waals surface area contributed by atoms with Gasteiger partial charge in [0, 0.05) is 18.9 Å². The molecular weight excluding hydrogens is 342 g/mol. The molecule has 27 heavy (non-hydrogen) atoms. The second-order valence-corrected chi connectivity index (χ2v) is 7.07. The van der Waals surface area contributed by atoms with E-state index in [1.165, 1.54) is 0 Å². The molecular formula is C22H35NO4. The van der Waals surface area contributed by atoms with E-state index in [-0.39, 0.29) is 30.1 Å². The summed E-state index contributed by atoms with van der Waals surface area (Å²) in [5.74, 6) is 0.0239. The number of aliphatic hydroxyl groups excluding tert-OH is 2. The molecule has 152 valence electrons. The highest BCUT2D eigenvalue weighted by Gasteiger charge is 2.26. The van der Waals surface area contributed by atoms with Gasteiger partial charge in [0.05, 0.1) is 12.7 Å². The minimum Gasteiger partial charge on any atom is -0.395 e. The minimum atomic E-state index is -0.474. The van der Waals surface area contributed by atoms with Crippen LogP contribution in [0.25, 0.3) is 0 Å². The van der Waals surface area contributed by atoms with Crippen molar-refractivity contribution in [3.05, 3.63) is 36.5 Å². The van der Waals surface area contributed by atoms with E-state index in [0.717, 1.165) is 44.9 Å². The number of nitrogens with one attached hydrogen (secondary N) is 1. The van der Waals surface area contributed by atoms with Crippen molar-refractivity contribution in [3.63, 3.8) is 0 Å². The Morgan fingerprint density at radius 1 is 1.30 bits per heavy atom. The highest BCUT2D eigenvalue weighted by molar-refractivity contribution is 5.95. The van der Waals surface area contributed by atoms with Crippen LogP contribution in [0, 0.1) is 11.8 Å². The Bertz CT molecular complexity index is 524. The number of allylic oxidation sites excluding steroid dienone is 5. The van der Waals surface area contributed by atoms with Gasteiger partial charge in [-0.25, -0.2) is 0 Å². The van der Waals surface area contributed by atoms with Gasteiger partial charge in [0.25, 0.3) is 0 Å². The first-order valence-electron chi connectivity index (χ1n) is 10.2. The van der Waals surface area contributed by atoms with Crippen LogP contribution in [-0.2, 0) is 9.59 Å². The van der Waals surface area contributed by atoms with Crippen LogP contribution in [0.1, 0.15) is 58.3 Å². The Morgan fingerprint density at radius 3 is 2.85 bits per heavy atom. The van der Waals surface area contributed by atoms with E-state index in [0.29, 0.717) is 13.0 Å². The van der Waals surface area contributed by atoms with Gasteiger partial charge in [0.1, 0.15) is 0 Å². The van der Waals surface area contributed by atoms with E-state index in [4.69, 9.17) is 5.11 Å². The Hall–Kier alpha value is -1.72. The van der Waals surface area contributed by atoms with Gasteiger partial charge < -0.3 is 15.5 Å². The second-order valence-electron chi connectivity index (χ2n) is 7.07. The quantitative estimate of drug-likeness (QED) is 0.321. The number of ketones is 1. The normalized spacial score (nSPS) is 20.8. The number of rotatable bonds is 14. The fraction of sp³-hybridized carbons (Fsp3) is 0.636. The van der Waals surface area contributed by atoms with Crippen LogP contribution in [0.5, 0.6) is 0 Å². The lowest BCUT2D eigenvalue weighted by molar-refractivity contribution is -0.121. The van der Waals surface area contributed by atoms with Crippen molar-refractivity contribution in [1.82, 2.24) is 5.32 Å². The molecule has 1 aliphatic rings. The van der Waals surface area contributed by atoms with E-state index < -0.39 is 6.10 Å². The number of aliphatic hydroxyl groups is 2. The van der Waals surface area contributed by atoms with E-state index in [1.807, 2.05) is 12.2 Å². The van der Waals surface area contributed by atoms with Crippen molar-refractivity contribution < 1.29 is 19.8 Å². The third-order valence-electron chi connectivity index (χ3n) is 4.73. The van der Waals surface area contributed by atoms with E-state index in [2.05, 4.69) is 24.4 Å². The molecule has 0 radical (unpaired) electrons. The number of carbonyl (C=O) groups excluding carboxylic acids is 2. The van der Waals surface area contributed by atoms with Gasteiger partial charge in [-0.05, 0) is 37.7 Å². The molecule has 1 amide bonds. The zero-order valence-electron chi connectivity index (χ0n) is 16.5. The Morgan fingerprint density at radius 2 is 2.11 bits per heavy atom. The van der Waals surface area contributed by atoms with Crippen molar-refractivity contribution in [1.29, 1.82) is 0 Å². The lowest BCUT2D eigenvalue weighted by Crippen LogP contribution is -2.25. The van der Waals surface area contributed by atoms with Crippen LogP contribution in [0.3, 0.4) is 0 Å². The van der Waals surface area contributed by atoms with Crippen molar-refractivity contribution in [2.45, 2.75) is 64.4 Å². The van der Waals surface area contributed by atoms with Gasteiger partial charge in [-0.3, -0.25) is 9.59 Å². The molecule has 5 nitrogen and oxygen atoms in total. The first-order chi connectivity index (χ1) is 13.1. The molecule has 3 N–H and O–H groups in total. The first-order valence-corrected chi connectivity index (χ1v) is 10.2. The zero-order chi connectivity index (χ0) is 19.9. The maximum Gasteiger partial charge on any atom is 0.220 e. The van der Waals surface area contributed by atoms with Gasteiger partial charge in [-0.2, -0.15) is 0 Å². The molecule has 0 aliphatic heterocycles. The van der Waals surface area contributed by atoms with E-state index in [1.54, 1.807) is 12.2 Å². The van der Waals surface area contributed by atoms with E-state index >= 15 is 0 Å². The third-order valence-corrected chi connectivity index (χ3v) is 4.73. The van der Waals surface area contributed by atoms with E-state index in [9.17, 15) is 14.7 Å². The lowest BCUT2D eigenvalue weighted by Gasteiger charge is -2.13. The summed E-state index contributed by atoms with van der Waals surface area (Å²) in [6, 6.07) is 0. The number of hydrogen-bond acceptors (Lipinski definition) is 4. The van der Waals surface area contributed by atoms with Crippen LogP contribution in [0.4, 0.5) is 0 Å². The van der Waals surface area contributed by atoms with Crippen molar-refractivity contribution >= 4 is 11.7 Å². The summed E-state index contributed by atoms with van der Waals surface area (Å²) in [5.41, 5.74) is 0. The second kappa shape index (κ2) is 14.4. The average Bonchev–Trinajstić information content (AvgIpc) is 3.01. The average molecular weight is 378 g/mol. The summed E-state index contributed by atoms with van der Waals surface area (Å²) < 4.78 is 0. The summed E-state index contributed by atoms with van der Waals surface area (Å²) in [5, 5.41) is 21.3. The highest BCUT2D eigenvalue weighted by atomic mass is 16.3. The van der Waals surface area contributed by atoms with Crippen LogP contribution < -0.4 is 5.32 Å². The molecule has 0 bridgehead atoms. The fourth-order valence-electron chi connectivity index (χ4n) is 3.11. The maximum absolute atomic E-state index is 12.0. The van der Waals surface area contributed by atoms with Crippen molar-refractivity contribution in [2.24, 2.45) is 11.8 Å². The molecule has 0 aromatic heterocycles. The topological polar surface area (TPSA) is 86.6 Å². The Labute approximate surface area is 163 Å². The molecule has 0 spiro atoms. The molecule has 0 saturated carbocycles. The predicted octanol–water partition coefficient (Wildman–Crippen LogP) is 3.08. The molecule has 1 rings (SSSR count). The van der Waals surface area contributed by atoms with Crippen LogP contribution in [0.2, 0.25) is 0 Å². The van der Waals surface area contributed by atoms with Crippen molar-refractivity contribution in [3.8, 4) is 0 Å². The van der Waals surface area contributed by atoms with Gasteiger partial charge in [-0.1, -0.05) is 56.6 Å². The number of amides is 1. The van der Waals surface area contributed by atoms with Crippen LogP contribution >= 0.6 is 0 Å². The minimum absolute atomic E-state index is 0.0371.